The van der Waals surface area contributed by atoms with Gasteiger partial charge in [-0.3, -0.25) is 4.98 Å². The van der Waals surface area contributed by atoms with Gasteiger partial charge in [0.1, 0.15) is 0 Å². The summed E-state index contributed by atoms with van der Waals surface area (Å²) in [6.45, 7) is 0. The number of nitrogens with zero attached hydrogens (tertiary/aromatic N) is 1. The van der Waals surface area contributed by atoms with Gasteiger partial charge >= 0.3 is 0 Å². The lowest BCUT2D eigenvalue weighted by molar-refractivity contribution is 0.911. The molecular weight excluding hydrogens is 214 g/mol. The van der Waals surface area contributed by atoms with E-state index in [1.807, 2.05) is 24.2 Å². The summed E-state index contributed by atoms with van der Waals surface area (Å²) < 4.78 is 0. The average Bonchev–Trinajstić information content (AvgIpc) is 2.77. The van der Waals surface area contributed by atoms with Gasteiger partial charge in [-0.2, -0.15) is 0 Å². The van der Waals surface area contributed by atoms with E-state index in [2.05, 4.69) is 35.3 Å². The van der Waals surface area contributed by atoms with E-state index in [0.29, 0.717) is 0 Å². The molecule has 1 heterocycles. The second-order valence-corrected chi connectivity index (χ2v) is 5.22. The predicted molar refractivity (Wildman–Crippen MR) is 66.8 cm³/mol. The number of pyridine rings is 1. The summed E-state index contributed by atoms with van der Waals surface area (Å²) >= 11 is 1.81. The first-order valence-electron chi connectivity index (χ1n) is 5.61. The minimum Gasteiger partial charge on any atom is -0.265 e. The van der Waals surface area contributed by atoms with Crippen LogP contribution in [0.2, 0.25) is 0 Å². The van der Waals surface area contributed by atoms with Gasteiger partial charge in [-0.05, 0) is 54.7 Å². The lowest BCUT2D eigenvalue weighted by Crippen LogP contribution is -1.82. The Hall–Kier alpha value is -1.28. The van der Waals surface area contributed by atoms with Gasteiger partial charge in [0.05, 0.1) is 0 Å². The minimum absolute atomic E-state index is 1.25. The average molecular weight is 227 g/mol. The summed E-state index contributed by atoms with van der Waals surface area (Å²) in [5.74, 6) is 0. The molecule has 0 N–H and O–H groups in total. The van der Waals surface area contributed by atoms with E-state index in [-0.39, 0.29) is 0 Å². The Balaban J connectivity index is 1.86. The maximum Gasteiger partial charge on any atom is 0.0279 e. The van der Waals surface area contributed by atoms with Gasteiger partial charge in [0.25, 0.3) is 0 Å². The molecule has 1 nitrogen and oxygen atoms in total. The third kappa shape index (κ3) is 1.98. The highest BCUT2D eigenvalue weighted by molar-refractivity contribution is 7.99. The van der Waals surface area contributed by atoms with Crippen molar-refractivity contribution in [2.45, 2.75) is 29.1 Å². The molecule has 0 saturated heterocycles. The van der Waals surface area contributed by atoms with E-state index in [9.17, 15) is 0 Å². The van der Waals surface area contributed by atoms with Crippen molar-refractivity contribution in [3.05, 3.63) is 53.9 Å². The van der Waals surface area contributed by atoms with Crippen molar-refractivity contribution in [3.8, 4) is 0 Å². The molecule has 80 valence electrons. The molecule has 1 aromatic heterocycles. The van der Waals surface area contributed by atoms with Crippen molar-refractivity contribution in [3.63, 3.8) is 0 Å². The van der Waals surface area contributed by atoms with E-state index in [1.165, 1.54) is 29.1 Å². The predicted octanol–water partition coefficient (Wildman–Crippen LogP) is 3.72. The Morgan fingerprint density at radius 2 is 1.69 bits per heavy atom. The highest BCUT2D eigenvalue weighted by atomic mass is 32.2. The van der Waals surface area contributed by atoms with Crippen LogP contribution in [0.15, 0.2) is 52.5 Å². The third-order valence-corrected chi connectivity index (χ3v) is 3.95. The molecule has 0 fully saturated rings. The lowest BCUT2D eigenvalue weighted by atomic mass is 10.1. The molecule has 2 heteroatoms. The van der Waals surface area contributed by atoms with Crippen LogP contribution in [-0.4, -0.2) is 4.98 Å². The summed E-state index contributed by atoms with van der Waals surface area (Å²) in [5.41, 5.74) is 3.08. The number of fused-ring (bicyclic) bond motifs is 1. The molecule has 0 bridgehead atoms. The molecule has 1 aliphatic carbocycles. The number of rotatable bonds is 2. The van der Waals surface area contributed by atoms with Crippen LogP contribution >= 0.6 is 11.8 Å². The fourth-order valence-electron chi connectivity index (χ4n) is 2.15. The topological polar surface area (TPSA) is 12.9 Å². The van der Waals surface area contributed by atoms with Crippen molar-refractivity contribution in [1.82, 2.24) is 4.98 Å². The summed E-state index contributed by atoms with van der Waals surface area (Å²) in [4.78, 5) is 6.63. The molecule has 0 spiro atoms. The zero-order valence-corrected chi connectivity index (χ0v) is 9.83. The quantitative estimate of drug-likeness (QED) is 0.775. The lowest BCUT2D eigenvalue weighted by Gasteiger charge is -2.04. The van der Waals surface area contributed by atoms with E-state index >= 15 is 0 Å². The van der Waals surface area contributed by atoms with Crippen LogP contribution in [0.4, 0.5) is 0 Å². The number of hydrogen-bond acceptors (Lipinski definition) is 2. The molecule has 0 aliphatic heterocycles. The number of hydrogen-bond donors (Lipinski definition) is 0. The summed E-state index contributed by atoms with van der Waals surface area (Å²) in [6, 6.07) is 11.0. The van der Waals surface area contributed by atoms with E-state index in [4.69, 9.17) is 0 Å². The monoisotopic (exact) mass is 227 g/mol. The SMILES string of the molecule is c1cc(Sc2ccc3c(c2)CCC3)ccn1. The zero-order valence-electron chi connectivity index (χ0n) is 9.02. The van der Waals surface area contributed by atoms with Crippen molar-refractivity contribution in [2.24, 2.45) is 0 Å². The smallest absolute Gasteiger partial charge is 0.0279 e. The van der Waals surface area contributed by atoms with Gasteiger partial charge < -0.3 is 0 Å². The fourth-order valence-corrected chi connectivity index (χ4v) is 3.02. The van der Waals surface area contributed by atoms with Crippen LogP contribution in [0.1, 0.15) is 17.5 Å². The molecule has 0 saturated carbocycles. The maximum absolute atomic E-state index is 4.03. The molecule has 16 heavy (non-hydrogen) atoms. The van der Waals surface area contributed by atoms with E-state index in [1.54, 1.807) is 11.1 Å². The van der Waals surface area contributed by atoms with Crippen molar-refractivity contribution in [1.29, 1.82) is 0 Å². The number of benzene rings is 1. The van der Waals surface area contributed by atoms with Gasteiger partial charge in [-0.15, -0.1) is 0 Å². The van der Waals surface area contributed by atoms with Gasteiger partial charge in [0.15, 0.2) is 0 Å². The second-order valence-electron chi connectivity index (χ2n) is 4.07. The largest absolute Gasteiger partial charge is 0.265 e. The first-order chi connectivity index (χ1) is 7.92. The standard InChI is InChI=1S/C14H13NS/c1-2-11-4-5-14(10-12(11)3-1)16-13-6-8-15-9-7-13/h4-10H,1-3H2. The Labute approximate surface area is 99.9 Å². The summed E-state index contributed by atoms with van der Waals surface area (Å²) in [5, 5.41) is 0. The Morgan fingerprint density at radius 3 is 2.56 bits per heavy atom. The highest BCUT2D eigenvalue weighted by Gasteiger charge is 2.10. The van der Waals surface area contributed by atoms with Gasteiger partial charge in [-0.25, -0.2) is 0 Å². The van der Waals surface area contributed by atoms with E-state index < -0.39 is 0 Å². The second kappa shape index (κ2) is 4.30. The summed E-state index contributed by atoms with van der Waals surface area (Å²) in [7, 11) is 0. The Kier molecular flexibility index (Phi) is 2.66. The van der Waals surface area contributed by atoms with Crippen LogP contribution in [-0.2, 0) is 12.8 Å². The molecule has 0 radical (unpaired) electrons. The van der Waals surface area contributed by atoms with Crippen molar-refractivity contribution >= 4 is 11.8 Å². The third-order valence-electron chi connectivity index (χ3n) is 2.96. The van der Waals surface area contributed by atoms with Gasteiger partial charge in [-0.1, -0.05) is 17.8 Å². The molecule has 0 atom stereocenters. The number of aromatic nitrogens is 1. The maximum atomic E-state index is 4.03. The van der Waals surface area contributed by atoms with Crippen molar-refractivity contribution in [2.75, 3.05) is 0 Å². The van der Waals surface area contributed by atoms with E-state index in [0.717, 1.165) is 0 Å². The van der Waals surface area contributed by atoms with Crippen LogP contribution in [0.5, 0.6) is 0 Å². The number of aryl methyl sites for hydroxylation is 2. The molecule has 2 aromatic rings. The normalized spacial score (nSPS) is 13.8. The minimum atomic E-state index is 1.25. The molecule has 0 amide bonds. The first-order valence-corrected chi connectivity index (χ1v) is 6.43. The van der Waals surface area contributed by atoms with Crippen LogP contribution < -0.4 is 0 Å². The Bertz CT molecular complexity index is 493. The highest BCUT2D eigenvalue weighted by Crippen LogP contribution is 2.31. The van der Waals surface area contributed by atoms with Crippen LogP contribution in [0.25, 0.3) is 0 Å². The molecule has 1 aromatic carbocycles. The zero-order chi connectivity index (χ0) is 10.8. The van der Waals surface area contributed by atoms with Gasteiger partial charge in [0, 0.05) is 22.2 Å². The van der Waals surface area contributed by atoms with Crippen LogP contribution in [0.3, 0.4) is 0 Å². The molecular formula is C14H13NS. The van der Waals surface area contributed by atoms with Gasteiger partial charge in [0.2, 0.25) is 0 Å². The van der Waals surface area contributed by atoms with Crippen molar-refractivity contribution < 1.29 is 0 Å². The molecule has 0 unspecified atom stereocenters. The first kappa shape index (κ1) is 9.91. The molecule has 1 aliphatic rings. The Morgan fingerprint density at radius 1 is 0.875 bits per heavy atom. The molecule has 3 rings (SSSR count). The summed E-state index contributed by atoms with van der Waals surface area (Å²) in [6.07, 6.45) is 7.51. The van der Waals surface area contributed by atoms with Crippen LogP contribution in [0, 0.1) is 0 Å². The fraction of sp³-hybridized carbons (Fsp3) is 0.214.